The van der Waals surface area contributed by atoms with Crippen molar-refractivity contribution in [1.82, 2.24) is 4.98 Å². The Hall–Kier alpha value is -0.970. The highest BCUT2D eigenvalue weighted by Gasteiger charge is 2.14. The molecule has 0 aliphatic carbocycles. The molecule has 0 unspecified atom stereocenters. The molecule has 0 aliphatic heterocycles. The van der Waals surface area contributed by atoms with Crippen LogP contribution in [0.25, 0.3) is 0 Å². The van der Waals surface area contributed by atoms with Gasteiger partial charge >= 0.3 is 0 Å². The summed E-state index contributed by atoms with van der Waals surface area (Å²) in [5.74, 6) is -1.41. The van der Waals surface area contributed by atoms with E-state index in [9.17, 15) is 13.2 Å². The molecule has 12 heavy (non-hydrogen) atoms. The fraction of sp³-hybridized carbons (Fsp3) is 0.167. The number of nitrogens with two attached hydrogens (primary N) is 1. The van der Waals surface area contributed by atoms with Crippen molar-refractivity contribution < 1.29 is 13.2 Å². The van der Waals surface area contributed by atoms with E-state index in [4.69, 9.17) is 17.3 Å². The third kappa shape index (κ3) is 1.61. The molecule has 0 radical (unpaired) electrons. The van der Waals surface area contributed by atoms with Gasteiger partial charge in [-0.05, 0) is 0 Å². The maximum atomic E-state index is 12.6. The number of alkyl halides is 2. The summed E-state index contributed by atoms with van der Waals surface area (Å²) in [6, 6.07) is 0.559. The lowest BCUT2D eigenvalue weighted by Crippen LogP contribution is -1.99. The second-order valence-corrected chi connectivity index (χ2v) is 2.41. The molecular formula is C6H4ClF3N2. The minimum Gasteiger partial charge on any atom is -0.382 e. The Balaban J connectivity index is 3.21. The molecule has 66 valence electrons. The summed E-state index contributed by atoms with van der Waals surface area (Å²) < 4.78 is 36.5. The molecule has 0 aliphatic rings. The molecule has 6 heteroatoms. The lowest BCUT2D eigenvalue weighted by molar-refractivity contribution is 0.145. The molecular weight excluding hydrogens is 193 g/mol. The first-order valence-corrected chi connectivity index (χ1v) is 3.29. The first kappa shape index (κ1) is 9.12. The van der Waals surface area contributed by atoms with Crippen LogP contribution in [-0.4, -0.2) is 4.98 Å². The van der Waals surface area contributed by atoms with E-state index in [2.05, 4.69) is 4.98 Å². The Morgan fingerprint density at radius 3 is 2.50 bits per heavy atom. The number of halogens is 4. The van der Waals surface area contributed by atoms with Gasteiger partial charge in [-0.15, -0.1) is 0 Å². The third-order valence-corrected chi connectivity index (χ3v) is 1.56. The molecule has 1 aromatic rings. The van der Waals surface area contributed by atoms with Crippen molar-refractivity contribution in [3.05, 3.63) is 22.6 Å². The molecule has 0 saturated carbocycles. The van der Waals surface area contributed by atoms with Gasteiger partial charge in [-0.25, -0.2) is 18.2 Å². The maximum Gasteiger partial charge on any atom is 0.280 e. The van der Waals surface area contributed by atoms with Crippen molar-refractivity contribution >= 4 is 17.4 Å². The number of pyridine rings is 1. The predicted octanol–water partition coefficient (Wildman–Crippen LogP) is 2.39. The van der Waals surface area contributed by atoms with Crippen LogP contribution in [0, 0.1) is 5.82 Å². The summed E-state index contributed by atoms with van der Waals surface area (Å²) in [7, 11) is 0. The van der Waals surface area contributed by atoms with E-state index in [1.165, 1.54) is 0 Å². The zero-order valence-electron chi connectivity index (χ0n) is 5.69. The highest BCUT2D eigenvalue weighted by atomic mass is 35.5. The molecule has 0 aromatic carbocycles. The van der Waals surface area contributed by atoms with Crippen LogP contribution in [0.1, 0.15) is 12.1 Å². The SMILES string of the molecule is Nc1nc(C(F)F)cc(F)c1Cl. The summed E-state index contributed by atoms with van der Waals surface area (Å²) in [5.41, 5.74) is 4.33. The molecule has 0 atom stereocenters. The minimum absolute atomic E-state index is 0.424. The van der Waals surface area contributed by atoms with Crippen molar-refractivity contribution in [1.29, 1.82) is 0 Å². The van der Waals surface area contributed by atoms with E-state index in [1.807, 2.05) is 0 Å². The molecule has 0 saturated heterocycles. The van der Waals surface area contributed by atoms with Crippen LogP contribution in [0.15, 0.2) is 6.07 Å². The second kappa shape index (κ2) is 3.18. The monoisotopic (exact) mass is 196 g/mol. The average Bonchev–Trinajstić information content (AvgIpc) is 1.99. The number of rotatable bonds is 1. The van der Waals surface area contributed by atoms with Crippen LogP contribution in [0.3, 0.4) is 0 Å². The van der Waals surface area contributed by atoms with E-state index in [0.29, 0.717) is 6.07 Å². The largest absolute Gasteiger partial charge is 0.382 e. The molecule has 2 nitrogen and oxygen atoms in total. The molecule has 1 aromatic heterocycles. The smallest absolute Gasteiger partial charge is 0.280 e. The summed E-state index contributed by atoms with van der Waals surface area (Å²) in [4.78, 5) is 3.19. The standard InChI is InChI=1S/C6H4ClF3N2/c7-4-2(8)1-3(5(9)10)12-6(4)11/h1,5H,(H2,11,12). The van der Waals surface area contributed by atoms with Gasteiger partial charge in [0.15, 0.2) is 0 Å². The van der Waals surface area contributed by atoms with E-state index >= 15 is 0 Å². The molecule has 0 amide bonds. The zero-order valence-corrected chi connectivity index (χ0v) is 6.45. The normalized spacial score (nSPS) is 10.8. The summed E-state index contributed by atoms with van der Waals surface area (Å²) in [6.07, 6.45) is -2.85. The van der Waals surface area contributed by atoms with Gasteiger partial charge in [-0.1, -0.05) is 11.6 Å². The van der Waals surface area contributed by atoms with E-state index < -0.39 is 28.8 Å². The van der Waals surface area contributed by atoms with Crippen LogP contribution in [-0.2, 0) is 0 Å². The first-order valence-electron chi connectivity index (χ1n) is 2.92. The van der Waals surface area contributed by atoms with Crippen molar-refractivity contribution in [3.8, 4) is 0 Å². The Morgan fingerprint density at radius 2 is 2.08 bits per heavy atom. The molecule has 2 N–H and O–H groups in total. The van der Waals surface area contributed by atoms with Gasteiger partial charge in [0.2, 0.25) is 0 Å². The predicted molar refractivity (Wildman–Crippen MR) is 38.6 cm³/mol. The molecule has 1 heterocycles. The lowest BCUT2D eigenvalue weighted by atomic mass is 10.3. The van der Waals surface area contributed by atoms with E-state index in [1.54, 1.807) is 0 Å². The van der Waals surface area contributed by atoms with Crippen molar-refractivity contribution in [2.75, 3.05) is 5.73 Å². The fourth-order valence-electron chi connectivity index (χ4n) is 0.648. The fourth-order valence-corrected chi connectivity index (χ4v) is 0.745. The van der Waals surface area contributed by atoms with Crippen LogP contribution < -0.4 is 5.73 Å². The third-order valence-electron chi connectivity index (χ3n) is 1.18. The summed E-state index contributed by atoms with van der Waals surface area (Å²) in [5, 5.41) is -0.431. The van der Waals surface area contributed by atoms with Crippen molar-refractivity contribution in [2.45, 2.75) is 6.43 Å². The van der Waals surface area contributed by atoms with Crippen molar-refractivity contribution in [3.63, 3.8) is 0 Å². The number of aromatic nitrogens is 1. The topological polar surface area (TPSA) is 38.9 Å². The summed E-state index contributed by atoms with van der Waals surface area (Å²) >= 11 is 5.25. The number of hydrogen-bond acceptors (Lipinski definition) is 2. The highest BCUT2D eigenvalue weighted by molar-refractivity contribution is 6.32. The van der Waals surface area contributed by atoms with Crippen molar-refractivity contribution in [2.24, 2.45) is 0 Å². The van der Waals surface area contributed by atoms with Crippen LogP contribution in [0.5, 0.6) is 0 Å². The molecule has 0 spiro atoms. The van der Waals surface area contributed by atoms with Crippen LogP contribution in [0.4, 0.5) is 19.0 Å². The zero-order chi connectivity index (χ0) is 9.30. The number of nitrogen functional groups attached to an aromatic ring is 1. The number of nitrogens with zero attached hydrogens (tertiary/aromatic N) is 1. The molecule has 0 bridgehead atoms. The van der Waals surface area contributed by atoms with Gasteiger partial charge < -0.3 is 5.73 Å². The Bertz CT molecular complexity index is 280. The van der Waals surface area contributed by atoms with Gasteiger partial charge in [-0.2, -0.15) is 0 Å². The van der Waals surface area contributed by atoms with Crippen LogP contribution in [0.2, 0.25) is 5.02 Å². The van der Waals surface area contributed by atoms with Gasteiger partial charge in [0, 0.05) is 6.07 Å². The van der Waals surface area contributed by atoms with Gasteiger partial charge in [0.25, 0.3) is 6.43 Å². The maximum absolute atomic E-state index is 12.6. The Morgan fingerprint density at radius 1 is 1.50 bits per heavy atom. The van der Waals surface area contributed by atoms with E-state index in [0.717, 1.165) is 0 Å². The number of anilines is 1. The molecule has 0 fully saturated rings. The highest BCUT2D eigenvalue weighted by Crippen LogP contribution is 2.25. The number of hydrogen-bond donors (Lipinski definition) is 1. The molecule has 1 rings (SSSR count). The second-order valence-electron chi connectivity index (χ2n) is 2.03. The lowest BCUT2D eigenvalue weighted by Gasteiger charge is -2.02. The van der Waals surface area contributed by atoms with Gasteiger partial charge in [0.05, 0.1) is 0 Å². The summed E-state index contributed by atoms with van der Waals surface area (Å²) in [6.45, 7) is 0. The van der Waals surface area contributed by atoms with Gasteiger partial charge in [-0.3, -0.25) is 0 Å². The first-order chi connectivity index (χ1) is 5.52. The average molecular weight is 197 g/mol. The quantitative estimate of drug-likeness (QED) is 0.749. The Kier molecular flexibility index (Phi) is 2.42. The van der Waals surface area contributed by atoms with Crippen LogP contribution >= 0.6 is 11.6 Å². The van der Waals surface area contributed by atoms with E-state index in [-0.39, 0.29) is 0 Å². The minimum atomic E-state index is -2.85. The Labute approximate surface area is 71.2 Å². The van der Waals surface area contributed by atoms with Gasteiger partial charge in [0.1, 0.15) is 22.4 Å².